The summed E-state index contributed by atoms with van der Waals surface area (Å²) < 4.78 is 0. The van der Waals surface area contributed by atoms with E-state index in [0.717, 1.165) is 19.0 Å². The lowest BCUT2D eigenvalue weighted by molar-refractivity contribution is -0.421. The van der Waals surface area contributed by atoms with Gasteiger partial charge in [0, 0.05) is 18.0 Å². The largest absolute Gasteiger partial charge is 0.384 e. The van der Waals surface area contributed by atoms with Gasteiger partial charge in [-0.2, -0.15) is 0 Å². The van der Waals surface area contributed by atoms with Crippen molar-refractivity contribution in [2.24, 2.45) is 0 Å². The Morgan fingerprint density at radius 2 is 1.78 bits per heavy atom. The maximum Gasteiger partial charge on any atom is 0.357 e. The molecule has 0 aliphatic heterocycles. The monoisotopic (exact) mass is 369 g/mol. The topological polar surface area (TPSA) is 114 Å². The fourth-order valence-electron chi connectivity index (χ4n) is 3.08. The van der Waals surface area contributed by atoms with Crippen LogP contribution in [-0.4, -0.2) is 46.9 Å². The lowest BCUT2D eigenvalue weighted by Gasteiger charge is -2.14. The molecule has 9 nitrogen and oxygen atoms in total. The second kappa shape index (κ2) is 7.50. The molecule has 9 heteroatoms. The Morgan fingerprint density at radius 3 is 2.44 bits per heavy atom. The van der Waals surface area contributed by atoms with Gasteiger partial charge < -0.3 is 10.2 Å². The maximum atomic E-state index is 11.7. The molecular weight excluding hydrogens is 350 g/mol. The van der Waals surface area contributed by atoms with Gasteiger partial charge in [-0.3, -0.25) is 20.2 Å². The zero-order valence-corrected chi connectivity index (χ0v) is 15.0. The molecule has 0 amide bonds. The van der Waals surface area contributed by atoms with E-state index in [4.69, 9.17) is 0 Å². The normalized spacial score (nSPS) is 11.2. The van der Waals surface area contributed by atoms with Crippen molar-refractivity contribution in [3.63, 3.8) is 0 Å². The minimum Gasteiger partial charge on any atom is -0.384 e. The summed E-state index contributed by atoms with van der Waals surface area (Å²) >= 11 is 0. The van der Waals surface area contributed by atoms with E-state index in [0.29, 0.717) is 28.7 Å². The average Bonchev–Trinajstić information content (AvgIpc) is 2.62. The molecule has 0 saturated carbocycles. The second-order valence-corrected chi connectivity index (χ2v) is 6.43. The highest BCUT2D eigenvalue weighted by Crippen LogP contribution is 2.41. The molecule has 0 fully saturated rings. The summed E-state index contributed by atoms with van der Waals surface area (Å²) in [6.07, 6.45) is 0.813. The van der Waals surface area contributed by atoms with Gasteiger partial charge in [0.2, 0.25) is 0 Å². The molecule has 27 heavy (non-hydrogen) atoms. The second-order valence-electron chi connectivity index (χ2n) is 6.43. The summed E-state index contributed by atoms with van der Waals surface area (Å²) in [7, 11) is 3.93. The van der Waals surface area contributed by atoms with Gasteiger partial charge >= 0.3 is 11.4 Å². The Morgan fingerprint density at radius 1 is 1.04 bits per heavy atom. The van der Waals surface area contributed by atoms with Crippen LogP contribution in [0.15, 0.2) is 36.4 Å². The van der Waals surface area contributed by atoms with Gasteiger partial charge in [0.1, 0.15) is 5.39 Å². The molecule has 3 rings (SSSR count). The number of pyridine rings is 1. The number of para-hydroxylation sites is 1. The minimum atomic E-state index is -0.734. The van der Waals surface area contributed by atoms with Crippen LogP contribution in [0, 0.1) is 20.2 Å². The van der Waals surface area contributed by atoms with Crippen molar-refractivity contribution in [2.75, 3.05) is 32.5 Å². The van der Waals surface area contributed by atoms with Gasteiger partial charge in [-0.1, -0.05) is 18.2 Å². The lowest BCUT2D eigenvalue weighted by atomic mass is 10.0. The van der Waals surface area contributed by atoms with Crippen molar-refractivity contribution in [3.8, 4) is 0 Å². The zero-order valence-electron chi connectivity index (χ0n) is 15.0. The third-order valence-electron chi connectivity index (χ3n) is 4.26. The van der Waals surface area contributed by atoms with E-state index in [-0.39, 0.29) is 5.39 Å². The number of benzene rings is 2. The molecule has 1 heterocycles. The van der Waals surface area contributed by atoms with Crippen molar-refractivity contribution >= 4 is 38.9 Å². The fourth-order valence-corrected chi connectivity index (χ4v) is 3.08. The summed E-state index contributed by atoms with van der Waals surface area (Å²) in [5.41, 5.74) is 0.445. The lowest BCUT2D eigenvalue weighted by Crippen LogP contribution is -2.16. The van der Waals surface area contributed by atoms with Gasteiger partial charge in [-0.25, -0.2) is 4.98 Å². The molecular formula is C18H19N5O4. The van der Waals surface area contributed by atoms with Gasteiger partial charge in [-0.15, -0.1) is 0 Å². The van der Waals surface area contributed by atoms with Crippen molar-refractivity contribution in [2.45, 2.75) is 6.42 Å². The smallest absolute Gasteiger partial charge is 0.357 e. The van der Waals surface area contributed by atoms with Crippen LogP contribution in [0.3, 0.4) is 0 Å². The van der Waals surface area contributed by atoms with E-state index in [1.165, 1.54) is 6.07 Å². The Balaban J connectivity index is 2.26. The number of anilines is 1. The molecule has 0 atom stereocenters. The number of nitrogens with one attached hydrogen (secondary N) is 1. The summed E-state index contributed by atoms with van der Waals surface area (Å²) in [4.78, 5) is 28.1. The number of fused-ring (bicyclic) bond motifs is 2. The highest BCUT2D eigenvalue weighted by Gasteiger charge is 2.30. The SMILES string of the molecule is CN(C)CCCNc1c2ccccc2nc2ccc([N+](=O)[O-])c([N+](=O)[O-])c12. The summed E-state index contributed by atoms with van der Waals surface area (Å²) in [5.74, 6) is 0. The molecule has 1 aromatic heterocycles. The third-order valence-corrected chi connectivity index (χ3v) is 4.26. The van der Waals surface area contributed by atoms with Crippen LogP contribution < -0.4 is 5.32 Å². The first-order valence-corrected chi connectivity index (χ1v) is 8.43. The number of hydrogen-bond donors (Lipinski definition) is 1. The number of aromatic nitrogens is 1. The van der Waals surface area contributed by atoms with Crippen LogP contribution in [0.1, 0.15) is 6.42 Å². The van der Waals surface area contributed by atoms with Crippen LogP contribution in [0.25, 0.3) is 21.8 Å². The first kappa shape index (κ1) is 18.5. The van der Waals surface area contributed by atoms with Crippen LogP contribution in [0.4, 0.5) is 17.1 Å². The molecule has 0 aliphatic rings. The number of hydrogen-bond acceptors (Lipinski definition) is 7. The Bertz CT molecular complexity index is 1040. The molecule has 0 spiro atoms. The third kappa shape index (κ3) is 3.63. The van der Waals surface area contributed by atoms with E-state index < -0.39 is 21.2 Å². The van der Waals surface area contributed by atoms with Crippen LogP contribution in [-0.2, 0) is 0 Å². The van der Waals surface area contributed by atoms with Gasteiger partial charge in [-0.05, 0) is 39.2 Å². The standard InChI is InChI=1S/C18H19N5O4/c1-21(2)11-5-10-19-17-12-6-3-4-7-13(12)20-14-8-9-15(22(24)25)18(16(14)17)23(26)27/h3-4,6-9H,5,10-11H2,1-2H3,(H,19,20). The van der Waals surface area contributed by atoms with Crippen LogP contribution >= 0.6 is 0 Å². The predicted molar refractivity (Wildman–Crippen MR) is 104 cm³/mol. The number of nitrogens with zero attached hydrogens (tertiary/aromatic N) is 4. The van der Waals surface area contributed by atoms with E-state index in [1.54, 1.807) is 6.07 Å². The Hall–Kier alpha value is -3.33. The van der Waals surface area contributed by atoms with E-state index >= 15 is 0 Å². The van der Waals surface area contributed by atoms with E-state index in [1.807, 2.05) is 37.2 Å². The van der Waals surface area contributed by atoms with Crippen molar-refractivity contribution in [1.29, 1.82) is 0 Å². The Kier molecular flexibility index (Phi) is 5.13. The summed E-state index contributed by atoms with van der Waals surface area (Å²) in [6, 6.07) is 9.85. The fraction of sp³-hybridized carbons (Fsp3) is 0.278. The quantitative estimate of drug-likeness (QED) is 0.293. The van der Waals surface area contributed by atoms with Gasteiger partial charge in [0.05, 0.1) is 26.6 Å². The van der Waals surface area contributed by atoms with Crippen molar-refractivity contribution in [1.82, 2.24) is 9.88 Å². The molecule has 140 valence electrons. The van der Waals surface area contributed by atoms with E-state index in [9.17, 15) is 20.2 Å². The maximum absolute atomic E-state index is 11.7. The molecule has 0 unspecified atom stereocenters. The van der Waals surface area contributed by atoms with Gasteiger partial charge in [0.25, 0.3) is 0 Å². The highest BCUT2D eigenvalue weighted by molar-refractivity contribution is 6.12. The predicted octanol–water partition coefficient (Wildman–Crippen LogP) is 3.57. The molecule has 0 bridgehead atoms. The first-order valence-electron chi connectivity index (χ1n) is 8.43. The summed E-state index contributed by atoms with van der Waals surface area (Å²) in [5, 5.41) is 27.1. The minimum absolute atomic E-state index is 0.165. The number of nitro benzene ring substituents is 2. The molecule has 3 aromatic rings. The van der Waals surface area contributed by atoms with Gasteiger partial charge in [0.15, 0.2) is 0 Å². The average molecular weight is 369 g/mol. The van der Waals surface area contributed by atoms with Crippen LogP contribution in [0.5, 0.6) is 0 Å². The molecule has 0 radical (unpaired) electrons. The van der Waals surface area contributed by atoms with Crippen LogP contribution in [0.2, 0.25) is 0 Å². The first-order chi connectivity index (χ1) is 12.9. The molecule has 0 saturated heterocycles. The number of rotatable bonds is 7. The zero-order chi connectivity index (χ0) is 19.6. The molecule has 2 aromatic carbocycles. The van der Waals surface area contributed by atoms with Crippen molar-refractivity contribution in [3.05, 3.63) is 56.6 Å². The van der Waals surface area contributed by atoms with E-state index in [2.05, 4.69) is 10.3 Å². The molecule has 1 N–H and O–H groups in total. The van der Waals surface area contributed by atoms with Crippen molar-refractivity contribution < 1.29 is 9.85 Å². The number of nitro groups is 2. The summed E-state index contributed by atoms with van der Waals surface area (Å²) in [6.45, 7) is 1.41. The molecule has 0 aliphatic carbocycles. The Labute approximate surface area is 154 Å². The highest BCUT2D eigenvalue weighted by atomic mass is 16.6.